The molecule has 0 radical (unpaired) electrons. The number of aryl methyl sites for hydroxylation is 2. The lowest BCUT2D eigenvalue weighted by molar-refractivity contribution is -0.119. The first kappa shape index (κ1) is 17.2. The SMILES string of the molecule is Cc1cc(C(=O)OCC(=O)Nc2sc3c(c2C#N)CCCCC3)on1. The average molecular weight is 359 g/mol. The molecule has 130 valence electrons. The van der Waals surface area contributed by atoms with Crippen LogP contribution < -0.4 is 5.32 Å². The second-order valence-electron chi connectivity index (χ2n) is 5.84. The quantitative estimate of drug-likeness (QED) is 0.664. The third kappa shape index (κ3) is 3.88. The van der Waals surface area contributed by atoms with Gasteiger partial charge in [0.15, 0.2) is 6.61 Å². The first-order valence-corrected chi connectivity index (χ1v) is 8.85. The number of anilines is 1. The Morgan fingerprint density at radius 3 is 2.92 bits per heavy atom. The highest BCUT2D eigenvalue weighted by Crippen LogP contribution is 2.36. The second kappa shape index (κ2) is 7.49. The molecule has 0 unspecified atom stereocenters. The number of nitrogens with one attached hydrogen (secondary N) is 1. The Morgan fingerprint density at radius 1 is 1.40 bits per heavy atom. The Balaban J connectivity index is 1.63. The number of hydrogen-bond donors (Lipinski definition) is 1. The molecule has 0 saturated carbocycles. The molecule has 0 spiro atoms. The summed E-state index contributed by atoms with van der Waals surface area (Å²) in [6.45, 7) is 1.23. The van der Waals surface area contributed by atoms with Crippen molar-refractivity contribution in [2.75, 3.05) is 11.9 Å². The van der Waals surface area contributed by atoms with Crippen molar-refractivity contribution < 1.29 is 18.8 Å². The van der Waals surface area contributed by atoms with Gasteiger partial charge in [0, 0.05) is 10.9 Å². The van der Waals surface area contributed by atoms with Crippen LogP contribution in [-0.2, 0) is 22.4 Å². The van der Waals surface area contributed by atoms with Crippen molar-refractivity contribution in [3.8, 4) is 6.07 Å². The summed E-state index contributed by atoms with van der Waals surface area (Å²) < 4.78 is 9.69. The van der Waals surface area contributed by atoms with Gasteiger partial charge in [-0.3, -0.25) is 4.79 Å². The number of nitrogens with zero attached hydrogens (tertiary/aromatic N) is 2. The fraction of sp³-hybridized carbons (Fsp3) is 0.412. The van der Waals surface area contributed by atoms with Gasteiger partial charge in [-0.05, 0) is 38.2 Å². The van der Waals surface area contributed by atoms with E-state index in [1.165, 1.54) is 22.3 Å². The summed E-state index contributed by atoms with van der Waals surface area (Å²) in [6, 6.07) is 3.63. The summed E-state index contributed by atoms with van der Waals surface area (Å²) in [6.07, 6.45) is 5.11. The van der Waals surface area contributed by atoms with Crippen LogP contribution in [0.2, 0.25) is 0 Å². The van der Waals surface area contributed by atoms with Gasteiger partial charge in [-0.2, -0.15) is 5.26 Å². The highest BCUT2D eigenvalue weighted by molar-refractivity contribution is 7.16. The number of esters is 1. The van der Waals surface area contributed by atoms with E-state index in [1.54, 1.807) is 6.92 Å². The van der Waals surface area contributed by atoms with Crippen LogP contribution in [0.15, 0.2) is 10.6 Å². The van der Waals surface area contributed by atoms with E-state index in [0.29, 0.717) is 16.3 Å². The molecule has 1 N–H and O–H groups in total. The van der Waals surface area contributed by atoms with Gasteiger partial charge >= 0.3 is 5.97 Å². The molecule has 8 heteroatoms. The monoisotopic (exact) mass is 359 g/mol. The van der Waals surface area contributed by atoms with Crippen LogP contribution in [0.4, 0.5) is 5.00 Å². The van der Waals surface area contributed by atoms with Crippen molar-refractivity contribution in [3.63, 3.8) is 0 Å². The van der Waals surface area contributed by atoms with Gasteiger partial charge in [0.05, 0.1) is 11.3 Å². The summed E-state index contributed by atoms with van der Waals surface area (Å²) in [5, 5.41) is 16.2. The van der Waals surface area contributed by atoms with E-state index in [2.05, 4.69) is 16.5 Å². The fourth-order valence-corrected chi connectivity index (χ4v) is 4.03. The Labute approximate surface area is 148 Å². The predicted octanol–water partition coefficient (Wildman–Crippen LogP) is 2.98. The van der Waals surface area contributed by atoms with Gasteiger partial charge in [0.25, 0.3) is 5.91 Å². The van der Waals surface area contributed by atoms with E-state index in [1.807, 2.05) is 0 Å². The summed E-state index contributed by atoms with van der Waals surface area (Å²) in [4.78, 5) is 25.0. The lowest BCUT2D eigenvalue weighted by Crippen LogP contribution is -2.20. The Hall–Kier alpha value is -2.66. The highest BCUT2D eigenvalue weighted by Gasteiger charge is 2.22. The van der Waals surface area contributed by atoms with Gasteiger partial charge in [0.1, 0.15) is 11.1 Å². The van der Waals surface area contributed by atoms with Crippen molar-refractivity contribution in [1.82, 2.24) is 5.16 Å². The largest absolute Gasteiger partial charge is 0.450 e. The number of nitriles is 1. The van der Waals surface area contributed by atoms with Crippen molar-refractivity contribution in [2.24, 2.45) is 0 Å². The molecule has 1 aliphatic rings. The number of rotatable bonds is 4. The smallest absolute Gasteiger partial charge is 0.377 e. The molecule has 2 aromatic rings. The lowest BCUT2D eigenvalue weighted by atomic mass is 10.1. The number of aromatic nitrogens is 1. The van der Waals surface area contributed by atoms with Crippen LogP contribution in [0.1, 0.15) is 51.5 Å². The van der Waals surface area contributed by atoms with Crippen LogP contribution in [0, 0.1) is 18.3 Å². The molecule has 0 fully saturated rings. The van der Waals surface area contributed by atoms with E-state index < -0.39 is 18.5 Å². The van der Waals surface area contributed by atoms with Crippen molar-refractivity contribution in [3.05, 3.63) is 33.5 Å². The second-order valence-corrected chi connectivity index (χ2v) is 6.94. The minimum atomic E-state index is -0.752. The average Bonchev–Trinajstić information content (AvgIpc) is 3.08. The minimum Gasteiger partial charge on any atom is -0.450 e. The molecule has 1 aliphatic carbocycles. The third-order valence-electron chi connectivity index (χ3n) is 3.95. The van der Waals surface area contributed by atoms with E-state index in [4.69, 9.17) is 9.26 Å². The van der Waals surface area contributed by atoms with Crippen LogP contribution in [0.3, 0.4) is 0 Å². The van der Waals surface area contributed by atoms with Gasteiger partial charge in [-0.15, -0.1) is 11.3 Å². The van der Waals surface area contributed by atoms with E-state index in [-0.39, 0.29) is 5.76 Å². The van der Waals surface area contributed by atoms with Crippen LogP contribution in [-0.4, -0.2) is 23.6 Å². The molecule has 0 aromatic carbocycles. The van der Waals surface area contributed by atoms with Gasteiger partial charge in [0.2, 0.25) is 5.76 Å². The summed E-state index contributed by atoms with van der Waals surface area (Å²) in [5.41, 5.74) is 2.14. The zero-order valence-electron chi connectivity index (χ0n) is 13.8. The van der Waals surface area contributed by atoms with Crippen LogP contribution in [0.25, 0.3) is 0 Å². The number of thiophene rings is 1. The number of carbonyl (C=O) groups excluding carboxylic acids is 2. The van der Waals surface area contributed by atoms with Gasteiger partial charge in [-0.25, -0.2) is 4.79 Å². The number of carbonyl (C=O) groups is 2. The Bertz CT molecular complexity index is 847. The predicted molar refractivity (Wildman–Crippen MR) is 90.4 cm³/mol. The first-order valence-electron chi connectivity index (χ1n) is 8.03. The number of amides is 1. The maximum atomic E-state index is 12.1. The zero-order chi connectivity index (χ0) is 17.8. The molecule has 25 heavy (non-hydrogen) atoms. The molecule has 2 heterocycles. The topological polar surface area (TPSA) is 105 Å². The van der Waals surface area contributed by atoms with Crippen molar-refractivity contribution in [1.29, 1.82) is 5.26 Å². The van der Waals surface area contributed by atoms with Crippen molar-refractivity contribution >= 4 is 28.2 Å². The van der Waals surface area contributed by atoms with E-state index in [0.717, 1.165) is 37.7 Å². The van der Waals surface area contributed by atoms with Gasteiger partial charge in [-0.1, -0.05) is 11.6 Å². The van der Waals surface area contributed by atoms with Gasteiger partial charge < -0.3 is 14.6 Å². The zero-order valence-corrected chi connectivity index (χ0v) is 14.6. The number of ether oxygens (including phenoxy) is 1. The molecule has 0 bridgehead atoms. The van der Waals surface area contributed by atoms with E-state index in [9.17, 15) is 14.9 Å². The standard InChI is InChI=1S/C17H17N3O4S/c1-10-7-13(24-20-10)17(22)23-9-15(21)19-16-12(8-18)11-5-3-2-4-6-14(11)25-16/h7H,2-6,9H2,1H3,(H,19,21). The highest BCUT2D eigenvalue weighted by atomic mass is 32.1. The molecule has 0 atom stereocenters. The van der Waals surface area contributed by atoms with Crippen LogP contribution in [0.5, 0.6) is 0 Å². The maximum Gasteiger partial charge on any atom is 0.377 e. The Kier molecular flexibility index (Phi) is 5.14. The molecular weight excluding hydrogens is 342 g/mol. The first-order chi connectivity index (χ1) is 12.1. The number of hydrogen-bond acceptors (Lipinski definition) is 7. The molecule has 0 aliphatic heterocycles. The van der Waals surface area contributed by atoms with E-state index >= 15 is 0 Å². The molecule has 3 rings (SSSR count). The minimum absolute atomic E-state index is 0.0501. The normalized spacial score (nSPS) is 13.4. The molecule has 1 amide bonds. The number of fused-ring (bicyclic) bond motifs is 1. The molecule has 0 saturated heterocycles. The van der Waals surface area contributed by atoms with Crippen molar-refractivity contribution in [2.45, 2.75) is 39.0 Å². The summed E-state index contributed by atoms with van der Waals surface area (Å²) >= 11 is 1.44. The summed E-state index contributed by atoms with van der Waals surface area (Å²) in [7, 11) is 0. The lowest BCUT2D eigenvalue weighted by Gasteiger charge is -2.04. The molecular formula is C17H17N3O4S. The fourth-order valence-electron chi connectivity index (χ4n) is 2.77. The molecule has 2 aromatic heterocycles. The Morgan fingerprint density at radius 2 is 2.20 bits per heavy atom. The summed E-state index contributed by atoms with van der Waals surface area (Å²) in [5.74, 6) is -1.29. The third-order valence-corrected chi connectivity index (χ3v) is 5.16. The molecule has 7 nitrogen and oxygen atoms in total. The maximum absolute atomic E-state index is 12.1. The van der Waals surface area contributed by atoms with Crippen LogP contribution >= 0.6 is 11.3 Å².